The molecule has 1 aliphatic carbocycles. The van der Waals surface area contributed by atoms with Gasteiger partial charge in [0.15, 0.2) is 0 Å². The number of ether oxygens (including phenoxy) is 2. The highest BCUT2D eigenvalue weighted by Crippen LogP contribution is 2.44. The summed E-state index contributed by atoms with van der Waals surface area (Å²) in [7, 11) is 1.20. The summed E-state index contributed by atoms with van der Waals surface area (Å²) < 4.78 is 9.61. The smallest absolute Gasteiger partial charge is 0.337 e. The lowest BCUT2D eigenvalue weighted by Gasteiger charge is -2.39. The second-order valence-electron chi connectivity index (χ2n) is 4.40. The fraction of sp³-hybridized carbons (Fsp3) is 0.455. The lowest BCUT2D eigenvalue weighted by Crippen LogP contribution is -2.52. The van der Waals surface area contributed by atoms with Gasteiger partial charge in [-0.15, -0.1) is 0 Å². The average Bonchev–Trinajstić information content (AvgIpc) is 2.66. The number of esters is 2. The monoisotopic (exact) mass is 251 g/mol. The SMILES string of the molecule is COC(=O)C1=C[C@@H]2C(=O)O[C@H]1[C@H]1C(=O)NC(=O)[C@H]12. The van der Waals surface area contributed by atoms with Crippen LogP contribution in [-0.2, 0) is 28.7 Å². The molecular weight excluding hydrogens is 242 g/mol. The molecule has 3 heterocycles. The van der Waals surface area contributed by atoms with Crippen molar-refractivity contribution < 1.29 is 28.7 Å². The average molecular weight is 251 g/mol. The zero-order chi connectivity index (χ0) is 13.0. The van der Waals surface area contributed by atoms with E-state index in [0.717, 1.165) is 0 Å². The van der Waals surface area contributed by atoms with Crippen LogP contribution in [0.1, 0.15) is 0 Å². The first-order valence-electron chi connectivity index (χ1n) is 5.40. The minimum absolute atomic E-state index is 0.133. The molecule has 7 nitrogen and oxygen atoms in total. The van der Waals surface area contributed by atoms with Gasteiger partial charge in [-0.3, -0.25) is 19.7 Å². The van der Waals surface area contributed by atoms with Gasteiger partial charge in [0, 0.05) is 0 Å². The summed E-state index contributed by atoms with van der Waals surface area (Å²) in [6, 6.07) is 0. The molecule has 2 saturated heterocycles. The van der Waals surface area contributed by atoms with Gasteiger partial charge < -0.3 is 9.47 Å². The Bertz CT molecular complexity index is 522. The summed E-state index contributed by atoms with van der Waals surface area (Å²) in [4.78, 5) is 46.4. The van der Waals surface area contributed by atoms with Crippen molar-refractivity contribution in [3.05, 3.63) is 11.6 Å². The molecule has 0 saturated carbocycles. The first kappa shape index (κ1) is 10.9. The van der Waals surface area contributed by atoms with Crippen LogP contribution in [0, 0.1) is 17.8 Å². The Balaban J connectivity index is 2.08. The number of hydrogen-bond acceptors (Lipinski definition) is 6. The van der Waals surface area contributed by atoms with Crippen molar-refractivity contribution in [3.8, 4) is 0 Å². The Morgan fingerprint density at radius 2 is 1.94 bits per heavy atom. The fourth-order valence-corrected chi connectivity index (χ4v) is 2.77. The third-order valence-corrected chi connectivity index (χ3v) is 3.55. The highest BCUT2D eigenvalue weighted by molar-refractivity contribution is 6.10. The molecule has 2 bridgehead atoms. The van der Waals surface area contributed by atoms with Gasteiger partial charge in [0.1, 0.15) is 6.10 Å². The van der Waals surface area contributed by atoms with Gasteiger partial charge >= 0.3 is 11.9 Å². The predicted molar refractivity (Wildman–Crippen MR) is 53.6 cm³/mol. The number of methoxy groups -OCH3 is 1. The van der Waals surface area contributed by atoms with Crippen LogP contribution in [0.4, 0.5) is 0 Å². The van der Waals surface area contributed by atoms with Crippen molar-refractivity contribution in [2.75, 3.05) is 7.11 Å². The maximum Gasteiger partial charge on any atom is 0.337 e. The van der Waals surface area contributed by atoms with Crippen LogP contribution in [0.5, 0.6) is 0 Å². The number of amides is 2. The molecule has 0 radical (unpaired) electrons. The van der Waals surface area contributed by atoms with E-state index >= 15 is 0 Å². The van der Waals surface area contributed by atoms with E-state index in [0.29, 0.717) is 0 Å². The van der Waals surface area contributed by atoms with Gasteiger partial charge in [-0.25, -0.2) is 4.79 Å². The third kappa shape index (κ3) is 1.18. The zero-order valence-electron chi connectivity index (χ0n) is 9.34. The Kier molecular flexibility index (Phi) is 2.07. The van der Waals surface area contributed by atoms with E-state index < -0.39 is 47.6 Å². The van der Waals surface area contributed by atoms with Crippen LogP contribution in [-0.4, -0.2) is 37.0 Å². The lowest BCUT2D eigenvalue weighted by molar-refractivity contribution is -0.171. The van der Waals surface area contributed by atoms with E-state index in [1.165, 1.54) is 13.2 Å². The van der Waals surface area contributed by atoms with Gasteiger partial charge in [0.05, 0.1) is 30.4 Å². The molecule has 2 fully saturated rings. The molecule has 0 aromatic rings. The van der Waals surface area contributed by atoms with Gasteiger partial charge in [0.25, 0.3) is 0 Å². The summed E-state index contributed by atoms with van der Waals surface area (Å²) in [6.45, 7) is 0. The maximum atomic E-state index is 11.7. The van der Waals surface area contributed by atoms with Crippen molar-refractivity contribution in [2.24, 2.45) is 17.8 Å². The summed E-state index contributed by atoms with van der Waals surface area (Å²) in [5.74, 6) is -4.71. The number of rotatable bonds is 1. The van der Waals surface area contributed by atoms with E-state index in [-0.39, 0.29) is 5.57 Å². The zero-order valence-corrected chi connectivity index (χ0v) is 9.34. The van der Waals surface area contributed by atoms with Crippen LogP contribution in [0.15, 0.2) is 11.6 Å². The summed E-state index contributed by atoms with van der Waals surface area (Å²) in [5, 5.41) is 2.16. The largest absolute Gasteiger partial charge is 0.466 e. The molecule has 7 heteroatoms. The van der Waals surface area contributed by atoms with Crippen LogP contribution < -0.4 is 5.32 Å². The van der Waals surface area contributed by atoms with Crippen LogP contribution in [0.3, 0.4) is 0 Å². The van der Waals surface area contributed by atoms with E-state index in [1.807, 2.05) is 0 Å². The van der Waals surface area contributed by atoms with Crippen LogP contribution >= 0.6 is 0 Å². The Hall–Kier alpha value is -2.18. The number of nitrogens with one attached hydrogen (secondary N) is 1. The van der Waals surface area contributed by atoms with E-state index in [4.69, 9.17) is 4.74 Å². The van der Waals surface area contributed by atoms with Gasteiger partial charge in [-0.2, -0.15) is 0 Å². The van der Waals surface area contributed by atoms with Crippen molar-refractivity contribution in [1.82, 2.24) is 5.32 Å². The van der Waals surface area contributed by atoms with Crippen LogP contribution in [0.2, 0.25) is 0 Å². The molecule has 18 heavy (non-hydrogen) atoms. The Morgan fingerprint density at radius 3 is 2.61 bits per heavy atom. The lowest BCUT2D eigenvalue weighted by atomic mass is 9.70. The first-order chi connectivity index (χ1) is 8.54. The summed E-state index contributed by atoms with van der Waals surface area (Å²) in [6.07, 6.45) is 0.355. The number of imide groups is 1. The van der Waals surface area contributed by atoms with E-state index in [9.17, 15) is 19.2 Å². The normalized spacial score (nSPS) is 36.7. The number of carbonyl (C=O) groups is 4. The maximum absolute atomic E-state index is 11.7. The molecule has 0 spiro atoms. The second kappa shape index (κ2) is 3.41. The number of hydrogen-bond donors (Lipinski definition) is 1. The molecule has 4 rings (SSSR count). The highest BCUT2D eigenvalue weighted by Gasteiger charge is 2.61. The minimum Gasteiger partial charge on any atom is -0.466 e. The minimum atomic E-state index is -1.02. The molecular formula is C11H9NO6. The van der Waals surface area contributed by atoms with Crippen molar-refractivity contribution >= 4 is 23.8 Å². The van der Waals surface area contributed by atoms with Crippen molar-refractivity contribution in [2.45, 2.75) is 6.10 Å². The second-order valence-corrected chi connectivity index (χ2v) is 4.40. The first-order valence-corrected chi connectivity index (χ1v) is 5.40. The van der Waals surface area contributed by atoms with Crippen molar-refractivity contribution in [3.63, 3.8) is 0 Å². The van der Waals surface area contributed by atoms with E-state index in [2.05, 4.69) is 10.1 Å². The van der Waals surface area contributed by atoms with E-state index in [1.54, 1.807) is 0 Å². The molecule has 0 unspecified atom stereocenters. The molecule has 2 amide bonds. The molecule has 94 valence electrons. The molecule has 4 atom stereocenters. The topological polar surface area (TPSA) is 98.8 Å². The quantitative estimate of drug-likeness (QED) is 0.451. The Morgan fingerprint density at radius 1 is 1.28 bits per heavy atom. The number of carbonyl (C=O) groups excluding carboxylic acids is 4. The highest BCUT2D eigenvalue weighted by atomic mass is 16.6. The molecule has 3 aliphatic heterocycles. The molecule has 0 aromatic heterocycles. The van der Waals surface area contributed by atoms with Crippen molar-refractivity contribution in [1.29, 1.82) is 0 Å². The molecule has 1 N–H and O–H groups in total. The summed E-state index contributed by atoms with van der Waals surface area (Å²) in [5.41, 5.74) is 0.133. The van der Waals surface area contributed by atoms with Gasteiger partial charge in [-0.1, -0.05) is 6.08 Å². The molecule has 0 aromatic carbocycles. The predicted octanol–water partition coefficient (Wildman–Crippen LogP) is -1.47. The van der Waals surface area contributed by atoms with Gasteiger partial charge in [-0.05, 0) is 0 Å². The van der Waals surface area contributed by atoms with Crippen LogP contribution in [0.25, 0.3) is 0 Å². The Labute approximate surface area is 101 Å². The third-order valence-electron chi connectivity index (χ3n) is 3.55. The standard InChI is InChI=1S/C11H9NO6/c1-17-10(15)4-2-3-5-6(7(4)18-11(3)16)9(14)12-8(5)13/h2-3,5-7H,1H3,(H,12,13,14)/t3-,5-,6-,7+/m0/s1. The van der Waals surface area contributed by atoms with Gasteiger partial charge in [0.2, 0.25) is 11.8 Å². The summed E-state index contributed by atoms with van der Waals surface area (Å²) >= 11 is 0. The molecule has 4 aliphatic rings. The fourth-order valence-electron chi connectivity index (χ4n) is 2.77. The number of fused-ring (bicyclic) bond motifs is 1.